The number of hydrogen-bond acceptors (Lipinski definition) is 8. The van der Waals surface area contributed by atoms with Crippen molar-refractivity contribution in [3.63, 3.8) is 0 Å². The molecule has 0 unspecified atom stereocenters. The molecule has 6 rings (SSSR count). The van der Waals surface area contributed by atoms with Crippen LogP contribution in [0.15, 0.2) is 71.6 Å². The Kier molecular flexibility index (Phi) is 9.06. The van der Waals surface area contributed by atoms with Crippen molar-refractivity contribution >= 4 is 33.4 Å². The molecule has 2 amide bonds. The fourth-order valence-electron chi connectivity index (χ4n) is 6.49. The number of nitrogens with zero attached hydrogens (tertiary/aromatic N) is 2. The first-order valence-electron chi connectivity index (χ1n) is 15.4. The second kappa shape index (κ2) is 12.6. The Morgan fingerprint density at radius 1 is 0.936 bits per heavy atom. The summed E-state index contributed by atoms with van der Waals surface area (Å²) < 4.78 is 47.0. The molecule has 11 nitrogen and oxygen atoms in total. The molecule has 2 N–H and O–H groups in total. The average Bonchev–Trinajstić information content (AvgIpc) is 3.03. The van der Waals surface area contributed by atoms with Crippen LogP contribution in [0.2, 0.25) is 0 Å². The van der Waals surface area contributed by atoms with Crippen molar-refractivity contribution in [2.45, 2.75) is 75.3 Å². The standard InChI is InChI=1S/C34H39FN4O7S/c1-32(2,3)46-31(41)38(4)34-18-15-33(16-19-34,17-20-34)22-36-28-14-13-27(21-29(28)39(42)43)47(44,45)37-30(40)25-7-5-23(6-8-25)24-9-11-26(35)12-10-24/h5-14,21,36H,15-20,22H2,1-4H3,(H,37,40). The smallest absolute Gasteiger partial charge is 0.410 e. The summed E-state index contributed by atoms with van der Waals surface area (Å²) in [7, 11) is -2.65. The van der Waals surface area contributed by atoms with E-state index in [0.717, 1.165) is 50.2 Å². The van der Waals surface area contributed by atoms with Gasteiger partial charge in [-0.3, -0.25) is 14.9 Å². The lowest BCUT2D eigenvalue weighted by Crippen LogP contribution is -2.58. The zero-order valence-corrected chi connectivity index (χ0v) is 27.7. The third-order valence-electron chi connectivity index (χ3n) is 9.42. The number of ether oxygens (including phenoxy) is 1. The van der Waals surface area contributed by atoms with Crippen LogP contribution in [0.1, 0.15) is 69.7 Å². The Balaban J connectivity index is 1.23. The van der Waals surface area contributed by atoms with E-state index in [2.05, 4.69) is 5.32 Å². The zero-order valence-electron chi connectivity index (χ0n) is 26.8. The van der Waals surface area contributed by atoms with Crippen molar-refractivity contribution in [2.24, 2.45) is 5.41 Å². The first-order chi connectivity index (χ1) is 22.0. The second-order valence-corrected chi connectivity index (χ2v) is 15.3. The summed E-state index contributed by atoms with van der Waals surface area (Å²) in [4.78, 5) is 38.3. The third kappa shape index (κ3) is 7.40. The molecule has 0 aliphatic heterocycles. The monoisotopic (exact) mass is 666 g/mol. The Morgan fingerprint density at radius 2 is 1.49 bits per heavy atom. The highest BCUT2D eigenvalue weighted by atomic mass is 32.2. The summed E-state index contributed by atoms with van der Waals surface area (Å²) in [5.74, 6) is -1.28. The van der Waals surface area contributed by atoms with Gasteiger partial charge in [-0.2, -0.15) is 0 Å². The number of carbonyl (C=O) groups is 2. The molecule has 3 aromatic rings. The number of benzene rings is 3. The predicted octanol–water partition coefficient (Wildman–Crippen LogP) is 6.89. The zero-order chi connectivity index (χ0) is 34.2. The molecule has 3 aliphatic rings. The number of carbonyl (C=O) groups excluding carboxylic acids is 2. The van der Waals surface area contributed by atoms with Crippen molar-refractivity contribution in [1.29, 1.82) is 0 Å². The van der Waals surface area contributed by atoms with E-state index in [1.165, 1.54) is 36.4 Å². The van der Waals surface area contributed by atoms with Gasteiger partial charge in [0.25, 0.3) is 21.6 Å². The second-order valence-electron chi connectivity index (χ2n) is 13.6. The molecule has 13 heteroatoms. The van der Waals surface area contributed by atoms with Crippen LogP contribution in [0.5, 0.6) is 0 Å². The van der Waals surface area contributed by atoms with Crippen LogP contribution in [0.4, 0.5) is 20.6 Å². The number of nitro benzene ring substituents is 1. The van der Waals surface area contributed by atoms with E-state index in [0.29, 0.717) is 12.1 Å². The van der Waals surface area contributed by atoms with Crippen molar-refractivity contribution in [3.8, 4) is 11.1 Å². The Hall–Kier alpha value is -4.52. The van der Waals surface area contributed by atoms with Crippen LogP contribution >= 0.6 is 0 Å². The van der Waals surface area contributed by atoms with Gasteiger partial charge < -0.3 is 15.0 Å². The van der Waals surface area contributed by atoms with Gasteiger partial charge in [0.2, 0.25) is 0 Å². The molecule has 0 radical (unpaired) electrons. The summed E-state index contributed by atoms with van der Waals surface area (Å²) in [6.45, 7) is 5.97. The minimum Gasteiger partial charge on any atom is -0.444 e. The number of anilines is 1. The molecule has 3 fully saturated rings. The number of nitrogens with one attached hydrogen (secondary N) is 2. The molecule has 250 valence electrons. The number of amides is 2. The van der Waals surface area contributed by atoms with Crippen LogP contribution < -0.4 is 10.0 Å². The maximum Gasteiger partial charge on any atom is 0.410 e. The number of fused-ring (bicyclic) bond motifs is 3. The first kappa shape index (κ1) is 33.8. The molecule has 3 saturated carbocycles. The van der Waals surface area contributed by atoms with Crippen LogP contribution in [0.3, 0.4) is 0 Å². The molecule has 0 aromatic heterocycles. The van der Waals surface area contributed by atoms with Crippen LogP contribution in [0, 0.1) is 21.3 Å². The molecule has 0 spiro atoms. The summed E-state index contributed by atoms with van der Waals surface area (Å²) in [5, 5.41) is 15.2. The van der Waals surface area contributed by atoms with E-state index >= 15 is 0 Å². The minimum absolute atomic E-state index is 0.0627. The molecule has 0 atom stereocenters. The topological polar surface area (TPSA) is 148 Å². The number of rotatable bonds is 9. The van der Waals surface area contributed by atoms with E-state index in [9.17, 15) is 32.5 Å². The molecule has 3 aromatic carbocycles. The summed E-state index contributed by atoms with van der Waals surface area (Å²) in [6, 6.07) is 15.4. The van der Waals surface area contributed by atoms with E-state index in [1.807, 2.05) is 25.5 Å². The molecule has 3 aliphatic carbocycles. The van der Waals surface area contributed by atoms with Crippen LogP contribution in [-0.2, 0) is 14.8 Å². The summed E-state index contributed by atoms with van der Waals surface area (Å²) in [6.07, 6.45) is 4.50. The Labute approximate surface area is 273 Å². The fourth-order valence-corrected chi connectivity index (χ4v) is 7.49. The van der Waals surface area contributed by atoms with Gasteiger partial charge in [0.15, 0.2) is 0 Å². The quantitative estimate of drug-likeness (QED) is 0.185. The van der Waals surface area contributed by atoms with Gasteiger partial charge in [-0.05, 0) is 112 Å². The molecule has 47 heavy (non-hydrogen) atoms. The van der Waals surface area contributed by atoms with Gasteiger partial charge in [-0.25, -0.2) is 22.3 Å². The van der Waals surface area contributed by atoms with Gasteiger partial charge in [0.05, 0.1) is 9.82 Å². The lowest BCUT2D eigenvalue weighted by molar-refractivity contribution is -0.384. The van der Waals surface area contributed by atoms with Crippen molar-refractivity contribution in [3.05, 3.63) is 88.2 Å². The van der Waals surface area contributed by atoms with Crippen molar-refractivity contribution < 1.29 is 32.1 Å². The summed E-state index contributed by atoms with van der Waals surface area (Å²) >= 11 is 0. The van der Waals surface area contributed by atoms with Gasteiger partial charge in [-0.15, -0.1) is 0 Å². The van der Waals surface area contributed by atoms with E-state index in [1.54, 1.807) is 36.2 Å². The lowest BCUT2D eigenvalue weighted by atomic mass is 9.57. The predicted molar refractivity (Wildman–Crippen MR) is 175 cm³/mol. The molecular weight excluding hydrogens is 627 g/mol. The maximum absolute atomic E-state index is 13.2. The van der Waals surface area contributed by atoms with Crippen LogP contribution in [0.25, 0.3) is 11.1 Å². The number of nitro groups is 1. The van der Waals surface area contributed by atoms with E-state index < -0.39 is 37.0 Å². The lowest BCUT2D eigenvalue weighted by Gasteiger charge is -2.56. The highest BCUT2D eigenvalue weighted by Crippen LogP contribution is 2.54. The Bertz CT molecular complexity index is 1760. The Morgan fingerprint density at radius 3 is 2.02 bits per heavy atom. The number of sulfonamides is 1. The maximum atomic E-state index is 13.2. The largest absolute Gasteiger partial charge is 0.444 e. The summed E-state index contributed by atoms with van der Waals surface area (Å²) in [5.41, 5.74) is 0.261. The molecule has 2 bridgehead atoms. The van der Waals surface area contributed by atoms with Crippen molar-refractivity contribution in [1.82, 2.24) is 9.62 Å². The van der Waals surface area contributed by atoms with E-state index in [-0.39, 0.29) is 34.1 Å². The molecule has 0 heterocycles. The fraction of sp³-hybridized carbons (Fsp3) is 0.412. The average molecular weight is 667 g/mol. The van der Waals surface area contributed by atoms with E-state index in [4.69, 9.17) is 4.74 Å². The molecule has 0 saturated heterocycles. The highest BCUT2D eigenvalue weighted by molar-refractivity contribution is 7.90. The normalized spacial score (nSPS) is 20.7. The van der Waals surface area contributed by atoms with Gasteiger partial charge >= 0.3 is 6.09 Å². The van der Waals surface area contributed by atoms with Crippen LogP contribution in [-0.4, -0.2) is 55.0 Å². The minimum atomic E-state index is -4.44. The number of hydrogen-bond donors (Lipinski definition) is 2. The number of halogens is 1. The third-order valence-corrected chi connectivity index (χ3v) is 10.8. The highest BCUT2D eigenvalue weighted by Gasteiger charge is 2.52. The van der Waals surface area contributed by atoms with Crippen molar-refractivity contribution in [2.75, 3.05) is 18.9 Å². The molecular formula is C34H39FN4O7S. The van der Waals surface area contributed by atoms with Gasteiger partial charge in [0.1, 0.15) is 17.1 Å². The SMILES string of the molecule is CN(C(=O)OC(C)(C)C)C12CCC(CNc3ccc(S(=O)(=O)NC(=O)c4ccc(-c5ccc(F)cc5)cc4)cc3[N+](=O)[O-])(CC1)CC2. The van der Waals surface area contributed by atoms with Gasteiger partial charge in [-0.1, -0.05) is 24.3 Å². The first-order valence-corrected chi connectivity index (χ1v) is 16.9. The van der Waals surface area contributed by atoms with Gasteiger partial charge in [0, 0.05) is 30.8 Å².